The van der Waals surface area contributed by atoms with Crippen LogP contribution in [0.4, 0.5) is 0 Å². The molecular weight excluding hydrogens is 705 g/mol. The standard InChI is InChI=1S/C43H74NO9P/c1-3-5-7-9-11-12-13-14-15-16-17-18-21-25-29-33-42(45)49-37-39(38-51-54(47,48)50-36-35-44)52-43(46)34-30-26-22-19-20-24-28-32-41-40(53-41)31-27-23-10-8-6-4-2/h6,8,14-15,19,22-24,27-28,39-41H,3-5,7,9-13,16-18,20-21,25-26,29-38,44H2,1-2H3,(H,47,48). The molecule has 0 amide bonds. The van der Waals surface area contributed by atoms with Crippen molar-refractivity contribution in [2.75, 3.05) is 26.4 Å². The van der Waals surface area contributed by atoms with E-state index in [4.69, 9.17) is 29.0 Å². The Bertz CT molecular complexity index is 1140. The first-order valence-electron chi connectivity index (χ1n) is 20.9. The topological polar surface area (TPSA) is 147 Å². The van der Waals surface area contributed by atoms with Crippen LogP contribution in [0.25, 0.3) is 0 Å². The molecule has 0 radical (unpaired) electrons. The van der Waals surface area contributed by atoms with E-state index in [1.807, 2.05) is 6.08 Å². The average molecular weight is 780 g/mol. The molecule has 1 fully saturated rings. The minimum absolute atomic E-state index is 0.0384. The minimum Gasteiger partial charge on any atom is -0.462 e. The average Bonchev–Trinajstić information content (AvgIpc) is 3.91. The summed E-state index contributed by atoms with van der Waals surface area (Å²) in [6.07, 6.45) is 42.9. The lowest BCUT2D eigenvalue weighted by molar-refractivity contribution is -0.161. The van der Waals surface area contributed by atoms with Gasteiger partial charge in [0.25, 0.3) is 0 Å². The number of rotatable bonds is 37. The third-order valence-corrected chi connectivity index (χ3v) is 9.77. The van der Waals surface area contributed by atoms with Gasteiger partial charge in [-0.25, -0.2) is 4.57 Å². The van der Waals surface area contributed by atoms with Crippen LogP contribution in [0.3, 0.4) is 0 Å². The highest BCUT2D eigenvalue weighted by Crippen LogP contribution is 2.43. The molecule has 0 aliphatic carbocycles. The molecule has 0 aromatic carbocycles. The van der Waals surface area contributed by atoms with Crippen molar-refractivity contribution in [2.24, 2.45) is 5.73 Å². The Hall–Kier alpha value is -2.33. The van der Waals surface area contributed by atoms with E-state index in [2.05, 4.69) is 68.5 Å². The van der Waals surface area contributed by atoms with E-state index in [1.165, 1.54) is 44.9 Å². The first-order chi connectivity index (χ1) is 26.3. The molecule has 0 aromatic rings. The molecule has 1 rings (SSSR count). The van der Waals surface area contributed by atoms with Crippen LogP contribution in [0.15, 0.2) is 60.8 Å². The summed E-state index contributed by atoms with van der Waals surface area (Å²) in [4.78, 5) is 34.8. The number of allylic oxidation sites excluding steroid dienone is 8. The highest BCUT2D eigenvalue weighted by atomic mass is 31.2. The highest BCUT2D eigenvalue weighted by Gasteiger charge is 2.36. The molecule has 1 heterocycles. The van der Waals surface area contributed by atoms with Crippen molar-refractivity contribution in [3.8, 4) is 0 Å². The Labute approximate surface area is 327 Å². The third-order valence-electron chi connectivity index (χ3n) is 8.79. The molecule has 0 bridgehead atoms. The van der Waals surface area contributed by atoms with Crippen LogP contribution in [0.2, 0.25) is 0 Å². The molecule has 11 heteroatoms. The zero-order valence-electron chi connectivity index (χ0n) is 33.6. The molecule has 0 aromatic heterocycles. The second kappa shape index (κ2) is 35.1. The Morgan fingerprint density at radius 1 is 0.667 bits per heavy atom. The number of esters is 2. The summed E-state index contributed by atoms with van der Waals surface area (Å²) in [5.74, 6) is -0.917. The fourth-order valence-electron chi connectivity index (χ4n) is 5.59. The van der Waals surface area contributed by atoms with Crippen LogP contribution in [0.5, 0.6) is 0 Å². The molecule has 4 unspecified atom stereocenters. The number of hydrogen-bond acceptors (Lipinski definition) is 9. The summed E-state index contributed by atoms with van der Waals surface area (Å²) < 4.78 is 38.4. The number of carbonyl (C=O) groups is 2. The molecule has 1 saturated heterocycles. The Kier molecular flexibility index (Phi) is 32.3. The van der Waals surface area contributed by atoms with Gasteiger partial charge in [-0.3, -0.25) is 18.6 Å². The normalized spacial score (nSPS) is 17.7. The fraction of sp³-hybridized carbons (Fsp3) is 0.721. The van der Waals surface area contributed by atoms with Crippen molar-refractivity contribution in [2.45, 2.75) is 173 Å². The van der Waals surface area contributed by atoms with Gasteiger partial charge in [0.1, 0.15) is 6.61 Å². The zero-order chi connectivity index (χ0) is 39.4. The van der Waals surface area contributed by atoms with Crippen molar-refractivity contribution < 1.29 is 42.3 Å². The van der Waals surface area contributed by atoms with Gasteiger partial charge in [0.05, 0.1) is 25.4 Å². The number of phosphoric ester groups is 1. The van der Waals surface area contributed by atoms with Crippen LogP contribution in [0.1, 0.15) is 155 Å². The fourth-order valence-corrected chi connectivity index (χ4v) is 6.35. The van der Waals surface area contributed by atoms with Crippen LogP contribution in [0, 0.1) is 0 Å². The monoisotopic (exact) mass is 780 g/mol. The van der Waals surface area contributed by atoms with Crippen molar-refractivity contribution in [3.05, 3.63) is 60.8 Å². The summed E-state index contributed by atoms with van der Waals surface area (Å²) >= 11 is 0. The van der Waals surface area contributed by atoms with E-state index in [1.54, 1.807) is 0 Å². The predicted octanol–water partition coefficient (Wildman–Crippen LogP) is 10.7. The number of epoxide rings is 1. The second-order valence-electron chi connectivity index (χ2n) is 13.9. The molecule has 1 aliphatic rings. The molecule has 1 aliphatic heterocycles. The maximum absolute atomic E-state index is 12.6. The van der Waals surface area contributed by atoms with Gasteiger partial charge in [0.2, 0.25) is 0 Å². The molecule has 54 heavy (non-hydrogen) atoms. The number of phosphoric acid groups is 1. The first-order valence-corrected chi connectivity index (χ1v) is 22.4. The highest BCUT2D eigenvalue weighted by molar-refractivity contribution is 7.47. The van der Waals surface area contributed by atoms with Crippen LogP contribution >= 0.6 is 7.82 Å². The maximum Gasteiger partial charge on any atom is 0.472 e. The van der Waals surface area contributed by atoms with Crippen molar-refractivity contribution >= 4 is 19.8 Å². The molecule has 310 valence electrons. The lowest BCUT2D eigenvalue weighted by Gasteiger charge is -2.19. The van der Waals surface area contributed by atoms with Gasteiger partial charge >= 0.3 is 19.8 Å². The van der Waals surface area contributed by atoms with E-state index < -0.39 is 32.5 Å². The van der Waals surface area contributed by atoms with Crippen LogP contribution < -0.4 is 5.73 Å². The largest absolute Gasteiger partial charge is 0.472 e. The van der Waals surface area contributed by atoms with Gasteiger partial charge in [-0.2, -0.15) is 0 Å². The van der Waals surface area contributed by atoms with Crippen molar-refractivity contribution in [1.29, 1.82) is 0 Å². The molecule has 3 N–H and O–H groups in total. The summed E-state index contributed by atoms with van der Waals surface area (Å²) in [5, 5.41) is 0. The third kappa shape index (κ3) is 32.0. The number of ether oxygens (including phenoxy) is 3. The Balaban J connectivity index is 2.25. The number of carbonyl (C=O) groups excluding carboxylic acids is 2. The van der Waals surface area contributed by atoms with Gasteiger partial charge < -0.3 is 24.8 Å². The minimum atomic E-state index is -4.40. The van der Waals surface area contributed by atoms with Gasteiger partial charge in [0.15, 0.2) is 6.10 Å². The summed E-state index contributed by atoms with van der Waals surface area (Å²) in [5.41, 5.74) is 5.34. The van der Waals surface area contributed by atoms with Gasteiger partial charge in [-0.1, -0.05) is 126 Å². The number of nitrogens with two attached hydrogens (primary N) is 1. The maximum atomic E-state index is 12.6. The van der Waals surface area contributed by atoms with Gasteiger partial charge in [-0.05, 0) is 77.0 Å². The summed E-state index contributed by atoms with van der Waals surface area (Å²) in [6.45, 7) is 3.51. The van der Waals surface area contributed by atoms with E-state index in [0.717, 1.165) is 64.2 Å². The van der Waals surface area contributed by atoms with E-state index in [-0.39, 0.29) is 32.6 Å². The summed E-state index contributed by atoms with van der Waals surface area (Å²) in [6, 6.07) is 0. The lowest BCUT2D eigenvalue weighted by Crippen LogP contribution is -2.29. The zero-order valence-corrected chi connectivity index (χ0v) is 34.5. The SMILES string of the molecule is CCC=CCC=CCC1OC1CC=CCC=CCCCC(=O)OC(COC(=O)CCCCCCCC=CCCCCCCCC)COP(=O)(O)OCCN. The van der Waals surface area contributed by atoms with E-state index >= 15 is 0 Å². The molecule has 0 saturated carbocycles. The van der Waals surface area contributed by atoms with Crippen molar-refractivity contribution in [3.63, 3.8) is 0 Å². The Morgan fingerprint density at radius 2 is 1.20 bits per heavy atom. The molecular formula is C43H74NO9P. The predicted molar refractivity (Wildman–Crippen MR) is 219 cm³/mol. The lowest BCUT2D eigenvalue weighted by atomic mass is 10.1. The van der Waals surface area contributed by atoms with Crippen molar-refractivity contribution in [1.82, 2.24) is 0 Å². The second-order valence-corrected chi connectivity index (χ2v) is 15.3. The van der Waals surface area contributed by atoms with E-state index in [9.17, 15) is 19.0 Å². The van der Waals surface area contributed by atoms with Crippen LogP contribution in [-0.4, -0.2) is 61.5 Å². The summed E-state index contributed by atoms with van der Waals surface area (Å²) in [7, 11) is -4.40. The van der Waals surface area contributed by atoms with Crippen LogP contribution in [-0.2, 0) is 37.4 Å². The first kappa shape index (κ1) is 49.7. The Morgan fingerprint density at radius 3 is 1.83 bits per heavy atom. The van der Waals surface area contributed by atoms with E-state index in [0.29, 0.717) is 31.5 Å². The molecule has 4 atom stereocenters. The molecule has 10 nitrogen and oxygen atoms in total. The quantitative estimate of drug-likeness (QED) is 0.0205. The smallest absolute Gasteiger partial charge is 0.462 e. The van der Waals surface area contributed by atoms with Gasteiger partial charge in [-0.15, -0.1) is 0 Å². The molecule has 0 spiro atoms. The number of hydrogen-bond donors (Lipinski definition) is 2. The number of unbranched alkanes of at least 4 members (excludes halogenated alkanes) is 12. The van der Waals surface area contributed by atoms with Gasteiger partial charge in [0, 0.05) is 19.4 Å².